The van der Waals surface area contributed by atoms with Gasteiger partial charge in [0.15, 0.2) is 23.0 Å². The summed E-state index contributed by atoms with van der Waals surface area (Å²) in [5, 5.41) is 5.61. The first-order valence-electron chi connectivity index (χ1n) is 10.3. The molecule has 2 heterocycles. The van der Waals surface area contributed by atoms with Gasteiger partial charge in [0.25, 0.3) is 5.91 Å². The summed E-state index contributed by atoms with van der Waals surface area (Å²) in [4.78, 5) is 25.8. The lowest BCUT2D eigenvalue weighted by molar-refractivity contribution is -0.123. The summed E-state index contributed by atoms with van der Waals surface area (Å²) in [7, 11) is 0. The fourth-order valence-electron chi connectivity index (χ4n) is 3.51. The zero-order valence-corrected chi connectivity index (χ0v) is 17.4. The van der Waals surface area contributed by atoms with Gasteiger partial charge in [-0.05, 0) is 41.5 Å². The highest BCUT2D eigenvalue weighted by Crippen LogP contribution is 2.35. The molecule has 0 aromatic heterocycles. The molecule has 8 nitrogen and oxygen atoms in total. The Balaban J connectivity index is 1.31. The predicted octanol–water partition coefficient (Wildman–Crippen LogP) is 3.65. The minimum absolute atomic E-state index is 0.144. The third-order valence-electron chi connectivity index (χ3n) is 5.15. The molecule has 3 aromatic carbocycles. The van der Waals surface area contributed by atoms with Crippen LogP contribution in [0.1, 0.15) is 17.2 Å². The largest absolute Gasteiger partial charge is 0.454 e. The lowest BCUT2D eigenvalue weighted by atomic mass is 10.1. The van der Waals surface area contributed by atoms with E-state index in [9.17, 15) is 9.59 Å². The molecule has 0 spiro atoms. The minimum atomic E-state index is -0.898. The van der Waals surface area contributed by atoms with Crippen LogP contribution in [0.2, 0.25) is 0 Å². The second-order valence-electron chi connectivity index (χ2n) is 7.36. The number of hydrogen-bond donors (Lipinski definition) is 2. The van der Waals surface area contributed by atoms with E-state index < -0.39 is 11.9 Å². The summed E-state index contributed by atoms with van der Waals surface area (Å²) < 4.78 is 21.3. The predicted molar refractivity (Wildman–Crippen MR) is 120 cm³/mol. The molecule has 5 rings (SSSR count). The van der Waals surface area contributed by atoms with Gasteiger partial charge >= 0.3 is 0 Å². The molecule has 1 unspecified atom stereocenters. The molecule has 1 atom stereocenters. The number of fused-ring (bicyclic) bond motifs is 2. The number of hydrogen-bond acceptors (Lipinski definition) is 6. The zero-order valence-electron chi connectivity index (χ0n) is 17.4. The van der Waals surface area contributed by atoms with Gasteiger partial charge in [-0.15, -0.1) is 0 Å². The molecular weight excluding hydrogens is 424 g/mol. The van der Waals surface area contributed by atoms with Gasteiger partial charge in [0, 0.05) is 17.8 Å². The second-order valence-corrected chi connectivity index (χ2v) is 7.36. The van der Waals surface area contributed by atoms with Crippen LogP contribution in [0.25, 0.3) is 6.08 Å². The Bertz CT molecular complexity index is 1220. The molecule has 2 N–H and O–H groups in total. The number of amides is 2. The van der Waals surface area contributed by atoms with E-state index in [1.807, 2.05) is 24.3 Å². The highest BCUT2D eigenvalue weighted by molar-refractivity contribution is 6.00. The number of rotatable bonds is 6. The lowest BCUT2D eigenvalue weighted by Gasteiger charge is -2.18. The van der Waals surface area contributed by atoms with Crippen molar-refractivity contribution in [2.75, 3.05) is 18.9 Å². The molecule has 3 aromatic rings. The zero-order chi connectivity index (χ0) is 22.6. The number of carbonyl (C=O) groups excluding carboxylic acids is 2. The second kappa shape index (κ2) is 8.96. The average molecular weight is 444 g/mol. The van der Waals surface area contributed by atoms with Crippen LogP contribution >= 0.6 is 0 Å². The molecule has 2 amide bonds. The third kappa shape index (κ3) is 4.59. The Hall–Kier alpha value is -4.46. The number of anilines is 1. The van der Waals surface area contributed by atoms with Gasteiger partial charge in [-0.2, -0.15) is 0 Å². The van der Waals surface area contributed by atoms with Crippen LogP contribution in [0.15, 0.2) is 72.8 Å². The number of ether oxygens (including phenoxy) is 4. The summed E-state index contributed by atoms with van der Waals surface area (Å²) >= 11 is 0. The first-order valence-corrected chi connectivity index (χ1v) is 10.3. The Morgan fingerprint density at radius 2 is 1.45 bits per heavy atom. The molecule has 2 aliphatic rings. The smallest absolute Gasteiger partial charge is 0.251 e. The number of nitrogens with one attached hydrogen (secondary N) is 2. The van der Waals surface area contributed by atoms with E-state index in [1.165, 1.54) is 6.08 Å². The maximum atomic E-state index is 13.1. The van der Waals surface area contributed by atoms with Gasteiger partial charge in [-0.25, -0.2) is 0 Å². The van der Waals surface area contributed by atoms with Crippen LogP contribution in [0.3, 0.4) is 0 Å². The summed E-state index contributed by atoms with van der Waals surface area (Å²) in [6.45, 7) is 0.325. The summed E-state index contributed by atoms with van der Waals surface area (Å²) in [5.74, 6) is 1.67. The minimum Gasteiger partial charge on any atom is -0.454 e. The number of carbonyl (C=O) groups is 2. The Morgan fingerprint density at radius 1 is 0.788 bits per heavy atom. The van der Waals surface area contributed by atoms with E-state index >= 15 is 0 Å². The average Bonchev–Trinajstić information content (AvgIpc) is 3.50. The van der Waals surface area contributed by atoms with Crippen molar-refractivity contribution >= 4 is 23.6 Å². The van der Waals surface area contributed by atoms with E-state index in [2.05, 4.69) is 10.6 Å². The van der Waals surface area contributed by atoms with Gasteiger partial charge in [0.2, 0.25) is 19.5 Å². The molecule has 0 saturated heterocycles. The standard InChI is InChI=1S/C25H20N2O6/c28-23(11-7-16-6-9-19-21(12-16)32-14-30-19)27-24(17-4-2-1-3-5-17)25(29)26-18-8-10-20-22(13-18)33-15-31-20/h1-13,24H,14-15H2,(H,26,29)(H,27,28)/b11-7-. The van der Waals surface area contributed by atoms with E-state index in [4.69, 9.17) is 18.9 Å². The SMILES string of the molecule is O=C(/C=C\c1ccc2c(c1)OCO2)NC(C(=O)Nc1ccc2c(c1)OCO2)c1ccccc1. The maximum Gasteiger partial charge on any atom is 0.251 e. The van der Waals surface area contributed by atoms with Gasteiger partial charge < -0.3 is 29.6 Å². The van der Waals surface area contributed by atoms with Crippen LogP contribution in [0.5, 0.6) is 23.0 Å². The molecule has 8 heteroatoms. The lowest BCUT2D eigenvalue weighted by Crippen LogP contribution is -2.36. The molecule has 33 heavy (non-hydrogen) atoms. The van der Waals surface area contributed by atoms with Crippen molar-refractivity contribution in [3.05, 3.63) is 83.9 Å². The van der Waals surface area contributed by atoms with Crippen LogP contribution in [0.4, 0.5) is 5.69 Å². The van der Waals surface area contributed by atoms with Gasteiger partial charge in [0.05, 0.1) is 0 Å². The Kier molecular flexibility index (Phi) is 5.55. The van der Waals surface area contributed by atoms with Gasteiger partial charge in [0.1, 0.15) is 6.04 Å². The molecular formula is C25H20N2O6. The molecule has 0 aliphatic carbocycles. The van der Waals surface area contributed by atoms with E-state index in [0.717, 1.165) is 5.56 Å². The van der Waals surface area contributed by atoms with Crippen molar-refractivity contribution in [2.45, 2.75) is 6.04 Å². The maximum absolute atomic E-state index is 13.1. The summed E-state index contributed by atoms with van der Waals surface area (Å²) in [5.41, 5.74) is 1.96. The molecule has 0 saturated carbocycles. The van der Waals surface area contributed by atoms with Crippen molar-refractivity contribution in [3.63, 3.8) is 0 Å². The molecule has 0 fully saturated rings. The Labute approximate surface area is 189 Å². The van der Waals surface area contributed by atoms with E-state index in [1.54, 1.807) is 48.5 Å². The van der Waals surface area contributed by atoms with Crippen LogP contribution < -0.4 is 29.6 Å². The number of benzene rings is 3. The normalized spacial score (nSPS) is 14.2. The van der Waals surface area contributed by atoms with Crippen LogP contribution in [0, 0.1) is 0 Å². The van der Waals surface area contributed by atoms with Crippen LogP contribution in [-0.2, 0) is 9.59 Å². The summed E-state index contributed by atoms with van der Waals surface area (Å²) in [6, 6.07) is 18.6. The Morgan fingerprint density at radius 3 is 2.21 bits per heavy atom. The monoisotopic (exact) mass is 444 g/mol. The topological polar surface area (TPSA) is 95.1 Å². The van der Waals surface area contributed by atoms with Crippen molar-refractivity contribution in [1.29, 1.82) is 0 Å². The quantitative estimate of drug-likeness (QED) is 0.564. The first-order chi connectivity index (χ1) is 16.2. The highest BCUT2D eigenvalue weighted by atomic mass is 16.7. The van der Waals surface area contributed by atoms with Crippen molar-refractivity contribution in [3.8, 4) is 23.0 Å². The van der Waals surface area contributed by atoms with Crippen molar-refractivity contribution in [2.24, 2.45) is 0 Å². The van der Waals surface area contributed by atoms with E-state index in [0.29, 0.717) is 34.2 Å². The fourth-order valence-corrected chi connectivity index (χ4v) is 3.51. The van der Waals surface area contributed by atoms with Gasteiger partial charge in [-0.3, -0.25) is 9.59 Å². The fraction of sp³-hybridized carbons (Fsp3) is 0.120. The highest BCUT2D eigenvalue weighted by Gasteiger charge is 2.23. The third-order valence-corrected chi connectivity index (χ3v) is 5.15. The van der Waals surface area contributed by atoms with Gasteiger partial charge in [-0.1, -0.05) is 36.4 Å². The molecule has 0 bridgehead atoms. The first kappa shape index (κ1) is 20.4. The van der Waals surface area contributed by atoms with Crippen LogP contribution in [-0.4, -0.2) is 25.4 Å². The van der Waals surface area contributed by atoms with Crippen molar-refractivity contribution < 1.29 is 28.5 Å². The molecule has 0 radical (unpaired) electrons. The van der Waals surface area contributed by atoms with Crippen molar-refractivity contribution in [1.82, 2.24) is 5.32 Å². The molecule has 166 valence electrons. The van der Waals surface area contributed by atoms with E-state index in [-0.39, 0.29) is 19.5 Å². The summed E-state index contributed by atoms with van der Waals surface area (Å²) in [6.07, 6.45) is 3.02. The molecule has 2 aliphatic heterocycles.